The van der Waals surface area contributed by atoms with Crippen molar-refractivity contribution in [3.05, 3.63) is 34.9 Å². The molecule has 0 saturated heterocycles. The summed E-state index contributed by atoms with van der Waals surface area (Å²) in [5.41, 5.74) is 7.59. The summed E-state index contributed by atoms with van der Waals surface area (Å²) in [6.07, 6.45) is 3.38. The van der Waals surface area contributed by atoms with Gasteiger partial charge in [0.1, 0.15) is 0 Å². The molecule has 0 fully saturated rings. The highest BCUT2D eigenvalue weighted by atomic mass is 15.2. The van der Waals surface area contributed by atoms with Crippen molar-refractivity contribution in [3.8, 4) is 0 Å². The second-order valence-electron chi connectivity index (χ2n) is 7.54. The van der Waals surface area contributed by atoms with Crippen LogP contribution in [0.25, 0.3) is 0 Å². The van der Waals surface area contributed by atoms with Crippen LogP contribution in [0.15, 0.2) is 18.2 Å². The lowest BCUT2D eigenvalue weighted by molar-refractivity contribution is 0.274. The molecule has 0 bridgehead atoms. The summed E-state index contributed by atoms with van der Waals surface area (Å²) in [5, 5.41) is 0. The molecule has 2 unspecified atom stereocenters. The van der Waals surface area contributed by atoms with E-state index in [0.29, 0.717) is 17.4 Å². The van der Waals surface area contributed by atoms with Crippen LogP contribution in [0.2, 0.25) is 0 Å². The maximum atomic E-state index is 5.78. The Kier molecular flexibility index (Phi) is 6.22. The van der Waals surface area contributed by atoms with Gasteiger partial charge in [-0.25, -0.2) is 0 Å². The maximum Gasteiger partial charge on any atom is 0.0253 e. The molecule has 1 aromatic carbocycles. The van der Waals surface area contributed by atoms with Gasteiger partial charge in [0.25, 0.3) is 0 Å². The number of benzene rings is 1. The van der Waals surface area contributed by atoms with Crippen LogP contribution in [0.4, 0.5) is 0 Å². The van der Waals surface area contributed by atoms with E-state index in [2.05, 4.69) is 65.2 Å². The van der Waals surface area contributed by atoms with E-state index < -0.39 is 0 Å². The highest BCUT2D eigenvalue weighted by molar-refractivity contribution is 5.34. The fraction of sp³-hybridized carbons (Fsp3) is 0.667. The van der Waals surface area contributed by atoms with E-state index in [4.69, 9.17) is 5.84 Å². The van der Waals surface area contributed by atoms with Crippen molar-refractivity contribution < 1.29 is 0 Å². The smallest absolute Gasteiger partial charge is 0.0253 e. The Morgan fingerprint density at radius 3 is 2.15 bits per heavy atom. The van der Waals surface area contributed by atoms with Gasteiger partial charge in [-0.2, -0.15) is 0 Å². The molecule has 1 aromatic rings. The first-order chi connectivity index (χ1) is 9.23. The van der Waals surface area contributed by atoms with Gasteiger partial charge < -0.3 is 0 Å². The molecule has 0 aliphatic rings. The molecule has 2 heteroatoms. The molecular formula is C18H32N2. The Balaban J connectivity index is 2.68. The van der Waals surface area contributed by atoms with E-state index in [-0.39, 0.29) is 0 Å². The summed E-state index contributed by atoms with van der Waals surface area (Å²) >= 11 is 0. The minimum Gasteiger partial charge on any atom is -0.271 e. The number of aryl methyl sites for hydroxylation is 2. The summed E-state index contributed by atoms with van der Waals surface area (Å²) in [6.45, 7) is 13.6. The fourth-order valence-corrected chi connectivity index (χ4v) is 3.24. The van der Waals surface area contributed by atoms with Crippen LogP contribution < -0.4 is 11.3 Å². The van der Waals surface area contributed by atoms with Crippen LogP contribution in [0.1, 0.15) is 57.2 Å². The lowest BCUT2D eigenvalue weighted by Gasteiger charge is -2.27. The van der Waals surface area contributed by atoms with Crippen molar-refractivity contribution in [2.24, 2.45) is 17.2 Å². The zero-order chi connectivity index (χ0) is 15.3. The fourth-order valence-electron chi connectivity index (χ4n) is 3.24. The van der Waals surface area contributed by atoms with Crippen LogP contribution in [-0.2, 0) is 6.42 Å². The largest absolute Gasteiger partial charge is 0.271 e. The molecular weight excluding hydrogens is 244 g/mol. The Morgan fingerprint density at radius 2 is 1.70 bits per heavy atom. The van der Waals surface area contributed by atoms with Crippen molar-refractivity contribution in [1.82, 2.24) is 5.43 Å². The first kappa shape index (κ1) is 17.2. The van der Waals surface area contributed by atoms with E-state index in [9.17, 15) is 0 Å². The number of hydrogen-bond acceptors (Lipinski definition) is 2. The highest BCUT2D eigenvalue weighted by Gasteiger charge is 2.19. The predicted octanol–water partition coefficient (Wildman–Crippen LogP) is 4.14. The standard InChI is InChI=1S/C18H32N2/c1-13(12-18(4,5)6)10-16(20-19)11-17-14(2)8-7-9-15(17)3/h7-9,13,16,20H,10-12,19H2,1-6H3. The van der Waals surface area contributed by atoms with Crippen LogP contribution in [-0.4, -0.2) is 6.04 Å². The van der Waals surface area contributed by atoms with Gasteiger partial charge in [-0.3, -0.25) is 11.3 Å². The highest BCUT2D eigenvalue weighted by Crippen LogP contribution is 2.27. The Hall–Kier alpha value is -0.860. The van der Waals surface area contributed by atoms with E-state index in [1.165, 1.54) is 23.1 Å². The molecule has 0 amide bonds. The Labute approximate surface area is 125 Å². The third kappa shape index (κ3) is 5.64. The van der Waals surface area contributed by atoms with Gasteiger partial charge in [0.05, 0.1) is 0 Å². The molecule has 0 aromatic heterocycles. The average Bonchev–Trinajstić information content (AvgIpc) is 2.30. The van der Waals surface area contributed by atoms with Crippen LogP contribution in [0, 0.1) is 25.2 Å². The van der Waals surface area contributed by atoms with E-state index in [0.717, 1.165) is 12.8 Å². The second-order valence-corrected chi connectivity index (χ2v) is 7.54. The third-order valence-electron chi connectivity index (χ3n) is 3.98. The summed E-state index contributed by atoms with van der Waals surface area (Å²) < 4.78 is 0. The van der Waals surface area contributed by atoms with Crippen molar-refractivity contribution in [1.29, 1.82) is 0 Å². The summed E-state index contributed by atoms with van der Waals surface area (Å²) in [4.78, 5) is 0. The molecule has 0 radical (unpaired) electrons. The van der Waals surface area contributed by atoms with Crippen molar-refractivity contribution >= 4 is 0 Å². The van der Waals surface area contributed by atoms with Crippen LogP contribution in [0.3, 0.4) is 0 Å². The zero-order valence-corrected chi connectivity index (χ0v) is 14.1. The van der Waals surface area contributed by atoms with Crippen LogP contribution in [0.5, 0.6) is 0 Å². The van der Waals surface area contributed by atoms with Gasteiger partial charge in [-0.15, -0.1) is 0 Å². The minimum atomic E-state index is 0.354. The summed E-state index contributed by atoms with van der Waals surface area (Å²) in [7, 11) is 0. The molecule has 114 valence electrons. The average molecular weight is 276 g/mol. The molecule has 3 N–H and O–H groups in total. The summed E-state index contributed by atoms with van der Waals surface area (Å²) in [5.74, 6) is 6.46. The van der Waals surface area contributed by atoms with Gasteiger partial charge in [0.2, 0.25) is 0 Å². The van der Waals surface area contributed by atoms with Crippen molar-refractivity contribution in [2.75, 3.05) is 0 Å². The van der Waals surface area contributed by atoms with Gasteiger partial charge in [-0.05, 0) is 61.1 Å². The topological polar surface area (TPSA) is 38.0 Å². The van der Waals surface area contributed by atoms with E-state index in [1.54, 1.807) is 0 Å². The molecule has 0 heterocycles. The first-order valence-electron chi connectivity index (χ1n) is 7.74. The molecule has 20 heavy (non-hydrogen) atoms. The van der Waals surface area contributed by atoms with Gasteiger partial charge in [0.15, 0.2) is 0 Å². The van der Waals surface area contributed by atoms with Crippen LogP contribution >= 0.6 is 0 Å². The molecule has 0 spiro atoms. The number of nitrogens with one attached hydrogen (secondary N) is 1. The lowest BCUT2D eigenvalue weighted by atomic mass is 9.82. The van der Waals surface area contributed by atoms with Gasteiger partial charge in [0, 0.05) is 6.04 Å². The normalized spacial score (nSPS) is 15.2. The molecule has 1 rings (SSSR count). The number of hydrazine groups is 1. The SMILES string of the molecule is Cc1cccc(C)c1CC(CC(C)CC(C)(C)C)NN. The van der Waals surface area contributed by atoms with Crippen molar-refractivity contribution in [2.45, 2.75) is 66.8 Å². The summed E-state index contributed by atoms with van der Waals surface area (Å²) in [6, 6.07) is 6.86. The first-order valence-corrected chi connectivity index (χ1v) is 7.74. The zero-order valence-electron chi connectivity index (χ0n) is 14.1. The number of hydrogen-bond donors (Lipinski definition) is 2. The van der Waals surface area contributed by atoms with E-state index in [1.807, 2.05) is 0 Å². The molecule has 0 saturated carbocycles. The van der Waals surface area contributed by atoms with Crippen molar-refractivity contribution in [3.63, 3.8) is 0 Å². The third-order valence-corrected chi connectivity index (χ3v) is 3.98. The second kappa shape index (κ2) is 7.24. The molecule has 0 aliphatic heterocycles. The van der Waals surface area contributed by atoms with E-state index >= 15 is 0 Å². The number of nitrogens with two attached hydrogens (primary N) is 1. The Morgan fingerprint density at radius 1 is 1.15 bits per heavy atom. The monoisotopic (exact) mass is 276 g/mol. The minimum absolute atomic E-state index is 0.354. The Bertz CT molecular complexity index is 398. The number of rotatable bonds is 6. The molecule has 0 aliphatic carbocycles. The lowest BCUT2D eigenvalue weighted by Crippen LogP contribution is -2.38. The quantitative estimate of drug-likeness (QED) is 0.605. The van der Waals surface area contributed by atoms with Gasteiger partial charge in [-0.1, -0.05) is 45.9 Å². The molecule has 2 atom stereocenters. The predicted molar refractivity (Wildman–Crippen MR) is 88.6 cm³/mol. The maximum absolute atomic E-state index is 5.78. The molecule has 2 nitrogen and oxygen atoms in total. The van der Waals surface area contributed by atoms with Gasteiger partial charge >= 0.3 is 0 Å².